The Kier molecular flexibility index (Phi) is 46.4. The molecule has 0 saturated carbocycles. The highest BCUT2D eigenvalue weighted by molar-refractivity contribution is 7.45. The van der Waals surface area contributed by atoms with Gasteiger partial charge in [-0.15, -0.1) is 0 Å². The van der Waals surface area contributed by atoms with Gasteiger partial charge in [0.1, 0.15) is 13.2 Å². The van der Waals surface area contributed by atoms with Crippen molar-refractivity contribution >= 4 is 13.7 Å². The van der Waals surface area contributed by atoms with Gasteiger partial charge in [0.2, 0.25) is 5.91 Å². The molecular formula is C56H107N2O6P. The van der Waals surface area contributed by atoms with E-state index in [0.29, 0.717) is 17.4 Å². The summed E-state index contributed by atoms with van der Waals surface area (Å²) in [5.41, 5.74) is 0. The fourth-order valence-electron chi connectivity index (χ4n) is 7.99. The van der Waals surface area contributed by atoms with Crippen molar-refractivity contribution < 1.29 is 32.9 Å². The van der Waals surface area contributed by atoms with Crippen LogP contribution < -0.4 is 10.2 Å². The van der Waals surface area contributed by atoms with Crippen LogP contribution in [0.1, 0.15) is 251 Å². The molecule has 0 aliphatic rings. The number of nitrogens with one attached hydrogen (secondary N) is 1. The minimum absolute atomic E-state index is 0.00573. The lowest BCUT2D eigenvalue weighted by atomic mass is 10.0. The first-order valence-electron chi connectivity index (χ1n) is 27.5. The summed E-state index contributed by atoms with van der Waals surface area (Å²) in [4.78, 5) is 25.4. The van der Waals surface area contributed by atoms with Crippen molar-refractivity contribution in [2.75, 3.05) is 40.9 Å². The number of aliphatic hydroxyl groups excluding tert-OH is 1. The summed E-state index contributed by atoms with van der Waals surface area (Å²) in [5.74, 6) is -0.214. The summed E-state index contributed by atoms with van der Waals surface area (Å²) < 4.78 is 23.3. The number of unbranched alkanes of at least 4 members (excludes halogenated alkanes) is 31. The molecule has 0 aromatic carbocycles. The smallest absolute Gasteiger partial charge is 0.268 e. The molecule has 0 aromatic rings. The lowest BCUT2D eigenvalue weighted by Crippen LogP contribution is -2.45. The van der Waals surface area contributed by atoms with Crippen LogP contribution in [-0.2, 0) is 18.4 Å². The van der Waals surface area contributed by atoms with E-state index >= 15 is 0 Å². The molecule has 0 aliphatic heterocycles. The average Bonchev–Trinajstić information content (AvgIpc) is 3.26. The summed E-state index contributed by atoms with van der Waals surface area (Å²) in [6.07, 6.45) is 61.9. The number of likely N-dealkylation sites (N-methyl/N-ethyl adjacent to an activating group) is 1. The van der Waals surface area contributed by atoms with Gasteiger partial charge >= 0.3 is 0 Å². The summed E-state index contributed by atoms with van der Waals surface area (Å²) in [6.45, 7) is 4.54. The predicted octanol–water partition coefficient (Wildman–Crippen LogP) is 15.7. The zero-order chi connectivity index (χ0) is 47.8. The lowest BCUT2D eigenvalue weighted by Gasteiger charge is -2.29. The highest BCUT2D eigenvalue weighted by atomic mass is 31.2. The molecule has 0 rings (SSSR count). The molecule has 3 unspecified atom stereocenters. The standard InChI is InChI=1S/C56H107N2O6P/c1-6-8-10-12-14-16-18-20-22-23-24-25-26-27-28-29-30-31-32-33-34-36-37-39-41-43-45-47-49-55(59)54(53-64-65(61,62)63-52-51-58(3,4)5)57-56(60)50-48-46-44-42-40-38-35-21-19-17-15-13-11-9-7-2/h9,11,15,17,21,35,47,49,54-55,59H,6-8,10,12-14,16,18-20,22-34,36-46,48,50-53H2,1-5H3,(H-,57,60,61,62)/b11-9-,17-15-,35-21-,49-47+. The Morgan fingerprint density at radius 3 is 1.37 bits per heavy atom. The SMILES string of the molecule is CC/C=C\C/C=C\C/C=C\CCCCCCCC(=O)NC(COP(=O)([O-])OCC[N+](C)(C)C)C(O)/C=C/CCCCCCCCCCCCCCCCCCCCCCCCCCCC. The Balaban J connectivity index is 4.18. The van der Waals surface area contributed by atoms with Gasteiger partial charge in [-0.1, -0.05) is 242 Å². The Hall–Kier alpha value is -1.54. The largest absolute Gasteiger partial charge is 0.756 e. The van der Waals surface area contributed by atoms with Crippen LogP contribution in [0.5, 0.6) is 0 Å². The van der Waals surface area contributed by atoms with E-state index in [-0.39, 0.29) is 19.1 Å². The number of hydrogen-bond acceptors (Lipinski definition) is 6. The maximum atomic E-state index is 12.9. The molecule has 0 aromatic heterocycles. The van der Waals surface area contributed by atoms with E-state index in [2.05, 4.69) is 55.6 Å². The quantitative estimate of drug-likeness (QED) is 0.0272. The molecule has 1 amide bonds. The minimum Gasteiger partial charge on any atom is -0.756 e. The molecule has 2 N–H and O–H groups in total. The van der Waals surface area contributed by atoms with Crippen LogP contribution in [0.25, 0.3) is 0 Å². The third-order valence-electron chi connectivity index (χ3n) is 12.3. The molecule has 3 atom stereocenters. The van der Waals surface area contributed by atoms with Crippen LogP contribution in [0, 0.1) is 0 Å². The van der Waals surface area contributed by atoms with Crippen molar-refractivity contribution in [3.8, 4) is 0 Å². The number of phosphoric ester groups is 1. The Morgan fingerprint density at radius 1 is 0.554 bits per heavy atom. The van der Waals surface area contributed by atoms with Crippen molar-refractivity contribution in [3.63, 3.8) is 0 Å². The van der Waals surface area contributed by atoms with Gasteiger partial charge in [0.25, 0.3) is 7.82 Å². The van der Waals surface area contributed by atoms with E-state index in [0.717, 1.165) is 77.0 Å². The Labute approximate surface area is 403 Å². The molecule has 0 aliphatic carbocycles. The van der Waals surface area contributed by atoms with Crippen LogP contribution in [0.2, 0.25) is 0 Å². The second kappa shape index (κ2) is 47.5. The van der Waals surface area contributed by atoms with E-state index < -0.39 is 20.0 Å². The molecule has 0 heterocycles. The van der Waals surface area contributed by atoms with E-state index in [4.69, 9.17) is 9.05 Å². The number of nitrogens with zero attached hydrogens (tertiary/aromatic N) is 1. The third-order valence-corrected chi connectivity index (χ3v) is 13.3. The van der Waals surface area contributed by atoms with Gasteiger partial charge in [-0.2, -0.15) is 0 Å². The highest BCUT2D eigenvalue weighted by Crippen LogP contribution is 2.38. The monoisotopic (exact) mass is 935 g/mol. The molecule has 9 heteroatoms. The minimum atomic E-state index is -4.60. The van der Waals surface area contributed by atoms with Gasteiger partial charge in [0.05, 0.1) is 39.9 Å². The lowest BCUT2D eigenvalue weighted by molar-refractivity contribution is -0.870. The van der Waals surface area contributed by atoms with Crippen LogP contribution in [0.4, 0.5) is 0 Å². The van der Waals surface area contributed by atoms with Crippen molar-refractivity contribution in [2.24, 2.45) is 0 Å². The van der Waals surface area contributed by atoms with Crippen LogP contribution >= 0.6 is 7.82 Å². The number of rotatable bonds is 50. The first-order valence-corrected chi connectivity index (χ1v) is 29.0. The Bertz CT molecular complexity index is 1200. The van der Waals surface area contributed by atoms with Crippen LogP contribution in [0.15, 0.2) is 48.6 Å². The molecule has 0 fully saturated rings. The van der Waals surface area contributed by atoms with E-state index in [1.54, 1.807) is 6.08 Å². The van der Waals surface area contributed by atoms with E-state index in [1.807, 2.05) is 27.2 Å². The number of phosphoric acid groups is 1. The van der Waals surface area contributed by atoms with Crippen LogP contribution in [0.3, 0.4) is 0 Å². The predicted molar refractivity (Wildman–Crippen MR) is 279 cm³/mol. The zero-order valence-corrected chi connectivity index (χ0v) is 44.3. The number of carbonyl (C=O) groups is 1. The molecule has 382 valence electrons. The molecule has 65 heavy (non-hydrogen) atoms. The first-order chi connectivity index (χ1) is 31.5. The maximum absolute atomic E-state index is 12.9. The van der Waals surface area contributed by atoms with Crippen molar-refractivity contribution in [1.29, 1.82) is 0 Å². The number of hydrogen-bond donors (Lipinski definition) is 2. The number of allylic oxidation sites excluding steroid dienone is 7. The number of amides is 1. The molecule has 0 spiro atoms. The zero-order valence-electron chi connectivity index (χ0n) is 43.4. The molecule has 8 nitrogen and oxygen atoms in total. The fourth-order valence-corrected chi connectivity index (χ4v) is 8.72. The van der Waals surface area contributed by atoms with Gasteiger partial charge < -0.3 is 28.8 Å². The first kappa shape index (κ1) is 63.5. The van der Waals surface area contributed by atoms with Crippen molar-refractivity contribution in [3.05, 3.63) is 48.6 Å². The van der Waals surface area contributed by atoms with Gasteiger partial charge in [-0.05, 0) is 51.4 Å². The number of aliphatic hydroxyl groups is 1. The van der Waals surface area contributed by atoms with E-state index in [9.17, 15) is 19.4 Å². The number of carbonyl (C=O) groups excluding carboxylic acids is 1. The second-order valence-electron chi connectivity index (χ2n) is 19.9. The summed E-state index contributed by atoms with van der Waals surface area (Å²) in [6, 6.07) is -0.897. The third kappa shape index (κ3) is 50.2. The Morgan fingerprint density at radius 2 is 0.938 bits per heavy atom. The van der Waals surface area contributed by atoms with Gasteiger partial charge in [0.15, 0.2) is 0 Å². The summed E-state index contributed by atoms with van der Waals surface area (Å²) in [5, 5.41) is 13.8. The van der Waals surface area contributed by atoms with Gasteiger partial charge in [-0.25, -0.2) is 0 Å². The van der Waals surface area contributed by atoms with Gasteiger partial charge in [-0.3, -0.25) is 9.36 Å². The topological polar surface area (TPSA) is 108 Å². The fraction of sp³-hybridized carbons (Fsp3) is 0.839. The number of quaternary nitrogens is 1. The van der Waals surface area contributed by atoms with Crippen molar-refractivity contribution in [1.82, 2.24) is 5.32 Å². The highest BCUT2D eigenvalue weighted by Gasteiger charge is 2.23. The maximum Gasteiger partial charge on any atom is 0.268 e. The molecular weight excluding hydrogens is 828 g/mol. The second-order valence-corrected chi connectivity index (χ2v) is 21.3. The van der Waals surface area contributed by atoms with Crippen LogP contribution in [-0.4, -0.2) is 68.5 Å². The van der Waals surface area contributed by atoms with E-state index in [1.165, 1.54) is 154 Å². The molecule has 0 saturated heterocycles. The molecule has 0 radical (unpaired) electrons. The van der Waals surface area contributed by atoms with Crippen molar-refractivity contribution in [2.45, 2.75) is 264 Å². The average molecular weight is 935 g/mol. The van der Waals surface area contributed by atoms with Gasteiger partial charge in [0, 0.05) is 6.42 Å². The summed E-state index contributed by atoms with van der Waals surface area (Å²) in [7, 11) is 1.25. The normalized spacial score (nSPS) is 14.4. The molecule has 0 bridgehead atoms. The summed E-state index contributed by atoms with van der Waals surface area (Å²) >= 11 is 0.